The third-order valence-corrected chi connectivity index (χ3v) is 7.42. The first-order chi connectivity index (χ1) is 14.5. The van der Waals surface area contributed by atoms with Gasteiger partial charge >= 0.3 is 0 Å². The van der Waals surface area contributed by atoms with Crippen LogP contribution in [0.15, 0.2) is 47.4 Å². The lowest BCUT2D eigenvalue weighted by atomic mass is 10.1. The van der Waals surface area contributed by atoms with Crippen LogP contribution in [0.2, 0.25) is 10.0 Å². The molecular formula is C21H25Cl2N3O4S. The van der Waals surface area contributed by atoms with Crippen molar-refractivity contribution in [2.45, 2.75) is 31.3 Å². The maximum absolute atomic E-state index is 13.1. The molecule has 0 aliphatic rings. The molecule has 0 unspecified atom stereocenters. The number of likely N-dealkylation sites (N-methyl/N-ethyl adjacent to an activating group) is 2. The van der Waals surface area contributed by atoms with E-state index in [2.05, 4.69) is 5.32 Å². The van der Waals surface area contributed by atoms with E-state index < -0.39 is 34.4 Å². The van der Waals surface area contributed by atoms with Gasteiger partial charge in [0.15, 0.2) is 0 Å². The zero-order chi connectivity index (χ0) is 23.3. The van der Waals surface area contributed by atoms with Crippen LogP contribution in [-0.4, -0.2) is 56.1 Å². The third-order valence-electron chi connectivity index (χ3n) is 4.89. The summed E-state index contributed by atoms with van der Waals surface area (Å²) in [6.07, 6.45) is 0. The molecule has 2 aromatic rings. The van der Waals surface area contributed by atoms with E-state index in [4.69, 9.17) is 23.2 Å². The number of amides is 2. The molecule has 0 aliphatic heterocycles. The monoisotopic (exact) mass is 485 g/mol. The Hall–Kier alpha value is -2.13. The van der Waals surface area contributed by atoms with Crippen molar-refractivity contribution in [3.05, 3.63) is 63.6 Å². The molecule has 168 valence electrons. The molecule has 0 radical (unpaired) electrons. The molecule has 2 rings (SSSR count). The second kappa shape index (κ2) is 10.5. The zero-order valence-corrected chi connectivity index (χ0v) is 20.1. The van der Waals surface area contributed by atoms with E-state index in [9.17, 15) is 18.0 Å². The fourth-order valence-corrected chi connectivity index (χ4v) is 4.54. The van der Waals surface area contributed by atoms with Crippen LogP contribution in [0.4, 0.5) is 0 Å². The van der Waals surface area contributed by atoms with Gasteiger partial charge in [0, 0.05) is 36.2 Å². The summed E-state index contributed by atoms with van der Waals surface area (Å²) < 4.78 is 26.7. The molecule has 2 aromatic carbocycles. The Balaban J connectivity index is 2.32. The number of nitrogens with one attached hydrogen (secondary N) is 1. The summed E-state index contributed by atoms with van der Waals surface area (Å²) in [6.45, 7) is 2.89. The number of hydrogen-bond donors (Lipinski definition) is 1. The summed E-state index contributed by atoms with van der Waals surface area (Å²) in [5.74, 6) is -0.967. The Labute approximate surface area is 193 Å². The van der Waals surface area contributed by atoms with E-state index in [0.717, 1.165) is 9.87 Å². The van der Waals surface area contributed by atoms with Gasteiger partial charge in [-0.15, -0.1) is 0 Å². The van der Waals surface area contributed by atoms with Crippen molar-refractivity contribution in [3.63, 3.8) is 0 Å². The van der Waals surface area contributed by atoms with Crippen LogP contribution in [0.25, 0.3) is 0 Å². The molecular weight excluding hydrogens is 461 g/mol. The van der Waals surface area contributed by atoms with Gasteiger partial charge in [0.1, 0.15) is 6.04 Å². The molecule has 0 spiro atoms. The van der Waals surface area contributed by atoms with Crippen LogP contribution in [0.3, 0.4) is 0 Å². The van der Waals surface area contributed by atoms with Gasteiger partial charge < -0.3 is 10.2 Å². The van der Waals surface area contributed by atoms with E-state index in [1.807, 2.05) is 6.92 Å². The fourth-order valence-electron chi connectivity index (χ4n) is 2.90. The first-order valence-electron chi connectivity index (χ1n) is 9.46. The smallest absolute Gasteiger partial charge is 0.243 e. The second-order valence-electron chi connectivity index (χ2n) is 7.09. The van der Waals surface area contributed by atoms with Crippen molar-refractivity contribution in [2.75, 3.05) is 20.6 Å². The number of rotatable bonds is 8. The molecule has 10 heteroatoms. The minimum atomic E-state index is -3.89. The van der Waals surface area contributed by atoms with E-state index >= 15 is 0 Å². The average molecular weight is 486 g/mol. The van der Waals surface area contributed by atoms with Crippen LogP contribution in [0, 0.1) is 6.92 Å². The normalized spacial score (nSPS) is 12.5. The van der Waals surface area contributed by atoms with Gasteiger partial charge in [-0.2, -0.15) is 4.31 Å². The number of carbonyl (C=O) groups excluding carboxylic acids is 2. The summed E-state index contributed by atoms with van der Waals surface area (Å²) in [4.78, 5) is 26.7. The summed E-state index contributed by atoms with van der Waals surface area (Å²) in [7, 11) is -1.12. The van der Waals surface area contributed by atoms with Gasteiger partial charge in [-0.1, -0.05) is 47.0 Å². The maximum Gasteiger partial charge on any atom is 0.243 e. The highest BCUT2D eigenvalue weighted by atomic mass is 35.5. The highest BCUT2D eigenvalue weighted by Gasteiger charge is 2.30. The lowest BCUT2D eigenvalue weighted by molar-refractivity contribution is -0.140. The lowest BCUT2D eigenvalue weighted by Crippen LogP contribution is -2.50. The first kappa shape index (κ1) is 25.1. The largest absolute Gasteiger partial charge is 0.357 e. The number of halogens is 2. The number of nitrogens with zero attached hydrogens (tertiary/aromatic N) is 2. The summed E-state index contributed by atoms with van der Waals surface area (Å²) >= 11 is 12.5. The molecule has 0 fully saturated rings. The molecule has 0 saturated heterocycles. The number of benzene rings is 2. The third kappa shape index (κ3) is 5.98. The number of aryl methyl sites for hydroxylation is 1. The molecule has 1 atom stereocenters. The minimum Gasteiger partial charge on any atom is -0.357 e. The lowest BCUT2D eigenvalue weighted by Gasteiger charge is -2.30. The number of carbonyl (C=O) groups is 2. The number of hydrogen-bond acceptors (Lipinski definition) is 4. The van der Waals surface area contributed by atoms with Crippen molar-refractivity contribution in [3.8, 4) is 0 Å². The highest BCUT2D eigenvalue weighted by molar-refractivity contribution is 7.89. The van der Waals surface area contributed by atoms with Crippen LogP contribution in [0.5, 0.6) is 0 Å². The van der Waals surface area contributed by atoms with E-state index in [-0.39, 0.29) is 11.4 Å². The predicted octanol–water partition coefficient (Wildman–Crippen LogP) is 3.09. The van der Waals surface area contributed by atoms with Crippen LogP contribution < -0.4 is 5.32 Å². The number of sulfonamides is 1. The van der Waals surface area contributed by atoms with E-state index in [1.165, 1.54) is 31.1 Å². The molecule has 0 heterocycles. The van der Waals surface area contributed by atoms with Crippen LogP contribution in [-0.2, 0) is 26.2 Å². The Kier molecular flexibility index (Phi) is 8.48. The molecule has 0 bridgehead atoms. The molecule has 31 heavy (non-hydrogen) atoms. The summed E-state index contributed by atoms with van der Waals surface area (Å²) in [6, 6.07) is 10.4. The molecule has 0 aliphatic carbocycles. The van der Waals surface area contributed by atoms with Crippen LogP contribution >= 0.6 is 23.2 Å². The van der Waals surface area contributed by atoms with E-state index in [0.29, 0.717) is 15.6 Å². The molecule has 1 N–H and O–H groups in total. The van der Waals surface area contributed by atoms with Gasteiger partial charge in [0.25, 0.3) is 0 Å². The first-order valence-corrected chi connectivity index (χ1v) is 11.7. The Morgan fingerprint density at radius 3 is 2.13 bits per heavy atom. The Bertz CT molecular complexity index is 1040. The summed E-state index contributed by atoms with van der Waals surface area (Å²) in [5, 5.41) is 3.18. The highest BCUT2D eigenvalue weighted by Crippen LogP contribution is 2.27. The van der Waals surface area contributed by atoms with Crippen LogP contribution in [0.1, 0.15) is 18.1 Å². The van der Waals surface area contributed by atoms with Crippen molar-refractivity contribution in [1.82, 2.24) is 14.5 Å². The topological polar surface area (TPSA) is 86.8 Å². The average Bonchev–Trinajstić information content (AvgIpc) is 2.72. The van der Waals surface area contributed by atoms with Crippen molar-refractivity contribution in [2.24, 2.45) is 0 Å². The van der Waals surface area contributed by atoms with Gasteiger partial charge in [0.2, 0.25) is 21.8 Å². The van der Waals surface area contributed by atoms with Crippen molar-refractivity contribution >= 4 is 45.0 Å². The van der Waals surface area contributed by atoms with Gasteiger partial charge in [0.05, 0.1) is 11.4 Å². The molecule has 7 nitrogen and oxygen atoms in total. The Morgan fingerprint density at radius 1 is 1.06 bits per heavy atom. The zero-order valence-electron chi connectivity index (χ0n) is 17.7. The van der Waals surface area contributed by atoms with Gasteiger partial charge in [-0.3, -0.25) is 9.59 Å². The van der Waals surface area contributed by atoms with Gasteiger partial charge in [-0.05, 0) is 38.1 Å². The molecule has 0 saturated carbocycles. The summed E-state index contributed by atoms with van der Waals surface area (Å²) in [5.41, 5.74) is 1.39. The Morgan fingerprint density at radius 2 is 1.61 bits per heavy atom. The SMILES string of the molecule is CNC(=O)[C@@H](C)N(Cc1c(Cl)cccc1Cl)C(=O)CN(C)S(=O)(=O)c1ccc(C)cc1. The molecule has 2 amide bonds. The quantitative estimate of drug-likeness (QED) is 0.622. The minimum absolute atomic E-state index is 0.0512. The second-order valence-corrected chi connectivity index (χ2v) is 9.95. The molecule has 0 aromatic heterocycles. The maximum atomic E-state index is 13.1. The van der Waals surface area contributed by atoms with Crippen molar-refractivity contribution < 1.29 is 18.0 Å². The van der Waals surface area contributed by atoms with Gasteiger partial charge in [-0.25, -0.2) is 8.42 Å². The van der Waals surface area contributed by atoms with Crippen molar-refractivity contribution in [1.29, 1.82) is 0 Å². The standard InChI is InChI=1S/C21H25Cl2N3O4S/c1-14-8-10-16(11-9-14)31(29,30)25(4)13-20(27)26(15(2)21(28)24-3)12-17-18(22)6-5-7-19(17)23/h5-11,15H,12-13H2,1-4H3,(H,24,28)/t15-/m1/s1. The fraction of sp³-hybridized carbons (Fsp3) is 0.333. The van der Waals surface area contributed by atoms with E-state index in [1.54, 1.807) is 37.3 Å². The predicted molar refractivity (Wildman–Crippen MR) is 122 cm³/mol.